The molecule has 0 amide bonds. The maximum atomic E-state index is 11.5. The molecule has 1 aliphatic rings. The number of thiophene rings is 1. The molecule has 2 aromatic rings. The number of benzene rings is 1. The normalized spacial score (nSPS) is 17.5. The number of anilines is 1. The zero-order chi connectivity index (χ0) is 17.3. The standard InChI is InChI=1S/C19H20N2O2S/c1-19(2)13-7-5-6-8-14(13)21(3)16(19)11-12-20-17-10-9-15(24-17)18(22)23-4/h5-12H,1-4H3/b16-11-,20-12?. The molecular weight excluding hydrogens is 320 g/mol. The molecule has 0 bridgehead atoms. The average Bonchev–Trinajstić information content (AvgIpc) is 3.12. The topological polar surface area (TPSA) is 41.9 Å². The number of fused-ring (bicyclic) bond motifs is 1. The first-order valence-corrected chi connectivity index (χ1v) is 8.53. The van der Waals surface area contributed by atoms with Crippen LogP contribution in [0.15, 0.2) is 53.2 Å². The fourth-order valence-corrected chi connectivity index (χ4v) is 3.87. The number of likely N-dealkylation sites (N-methyl/N-ethyl adjacent to an activating group) is 1. The van der Waals surface area contributed by atoms with Crippen molar-refractivity contribution in [1.29, 1.82) is 0 Å². The van der Waals surface area contributed by atoms with Crippen molar-refractivity contribution in [2.45, 2.75) is 19.3 Å². The third-order valence-electron chi connectivity index (χ3n) is 4.35. The molecule has 0 spiro atoms. The molecule has 2 heterocycles. The second-order valence-corrected chi connectivity index (χ2v) is 7.22. The zero-order valence-electron chi connectivity index (χ0n) is 14.2. The zero-order valence-corrected chi connectivity index (χ0v) is 15.1. The Morgan fingerprint density at radius 3 is 2.71 bits per heavy atom. The molecule has 0 unspecified atom stereocenters. The van der Waals surface area contributed by atoms with Crippen molar-refractivity contribution in [3.05, 3.63) is 58.6 Å². The van der Waals surface area contributed by atoms with Gasteiger partial charge in [0.05, 0.1) is 7.11 Å². The fraction of sp³-hybridized carbons (Fsp3) is 0.263. The van der Waals surface area contributed by atoms with Gasteiger partial charge in [-0.2, -0.15) is 0 Å². The third kappa shape index (κ3) is 2.76. The number of allylic oxidation sites excluding steroid dienone is 2. The van der Waals surface area contributed by atoms with E-state index in [0.29, 0.717) is 4.88 Å². The smallest absolute Gasteiger partial charge is 0.348 e. The van der Waals surface area contributed by atoms with Gasteiger partial charge in [-0.3, -0.25) is 0 Å². The summed E-state index contributed by atoms with van der Waals surface area (Å²) in [6.45, 7) is 4.44. The number of carbonyl (C=O) groups is 1. The van der Waals surface area contributed by atoms with Gasteiger partial charge in [-0.25, -0.2) is 9.79 Å². The number of esters is 1. The molecular formula is C19H20N2O2S. The molecule has 1 aromatic carbocycles. The molecule has 3 rings (SSSR count). The van der Waals surface area contributed by atoms with Crippen LogP contribution >= 0.6 is 11.3 Å². The number of hydrogen-bond donors (Lipinski definition) is 0. The van der Waals surface area contributed by atoms with Gasteiger partial charge in [0.15, 0.2) is 0 Å². The first kappa shape index (κ1) is 16.5. The van der Waals surface area contributed by atoms with Crippen molar-refractivity contribution < 1.29 is 9.53 Å². The summed E-state index contributed by atoms with van der Waals surface area (Å²) in [4.78, 5) is 18.7. The lowest BCUT2D eigenvalue weighted by Crippen LogP contribution is -2.22. The summed E-state index contributed by atoms with van der Waals surface area (Å²) in [5, 5.41) is 0.781. The van der Waals surface area contributed by atoms with Gasteiger partial charge in [0.2, 0.25) is 0 Å². The molecule has 1 aromatic heterocycles. The second kappa shape index (κ2) is 6.24. The van der Waals surface area contributed by atoms with E-state index in [9.17, 15) is 4.79 Å². The lowest BCUT2D eigenvalue weighted by Gasteiger charge is -2.23. The highest BCUT2D eigenvalue weighted by Crippen LogP contribution is 2.46. The van der Waals surface area contributed by atoms with Gasteiger partial charge in [0, 0.05) is 30.1 Å². The SMILES string of the molecule is COC(=O)c1ccc(N=C/C=C2\N(C)c3ccccc3C2(C)C)s1. The minimum absolute atomic E-state index is 0.0655. The van der Waals surface area contributed by atoms with Crippen molar-refractivity contribution in [3.8, 4) is 0 Å². The average molecular weight is 340 g/mol. The summed E-state index contributed by atoms with van der Waals surface area (Å²) in [7, 11) is 3.46. The molecule has 0 N–H and O–H groups in total. The summed E-state index contributed by atoms with van der Waals surface area (Å²) in [6.07, 6.45) is 3.84. The van der Waals surface area contributed by atoms with Crippen LogP contribution in [0.2, 0.25) is 0 Å². The number of methoxy groups -OCH3 is 1. The molecule has 0 saturated carbocycles. The van der Waals surface area contributed by atoms with Crippen molar-refractivity contribution in [3.63, 3.8) is 0 Å². The molecule has 24 heavy (non-hydrogen) atoms. The number of para-hydroxylation sites is 1. The monoisotopic (exact) mass is 340 g/mol. The fourth-order valence-electron chi connectivity index (χ4n) is 3.09. The predicted molar refractivity (Wildman–Crippen MR) is 99.8 cm³/mol. The lowest BCUT2D eigenvalue weighted by molar-refractivity contribution is 0.0606. The van der Waals surface area contributed by atoms with E-state index in [1.165, 1.54) is 35.4 Å². The second-order valence-electron chi connectivity index (χ2n) is 6.16. The van der Waals surface area contributed by atoms with Crippen LogP contribution in [0.5, 0.6) is 0 Å². The van der Waals surface area contributed by atoms with Gasteiger partial charge in [0.25, 0.3) is 0 Å². The van der Waals surface area contributed by atoms with Crippen molar-refractivity contribution in [1.82, 2.24) is 0 Å². The summed E-state index contributed by atoms with van der Waals surface area (Å²) < 4.78 is 4.71. The Morgan fingerprint density at radius 1 is 1.25 bits per heavy atom. The molecule has 5 heteroatoms. The van der Waals surface area contributed by atoms with E-state index in [1.54, 1.807) is 12.3 Å². The van der Waals surface area contributed by atoms with Crippen LogP contribution in [-0.2, 0) is 10.2 Å². The summed E-state index contributed by atoms with van der Waals surface area (Å²) >= 11 is 1.32. The Balaban J connectivity index is 1.85. The van der Waals surface area contributed by atoms with E-state index in [2.05, 4.69) is 55.1 Å². The van der Waals surface area contributed by atoms with Crippen LogP contribution in [-0.4, -0.2) is 26.3 Å². The van der Waals surface area contributed by atoms with Gasteiger partial charge in [-0.1, -0.05) is 32.0 Å². The highest BCUT2D eigenvalue weighted by Gasteiger charge is 2.37. The van der Waals surface area contributed by atoms with Gasteiger partial charge in [-0.05, 0) is 29.8 Å². The van der Waals surface area contributed by atoms with Gasteiger partial charge >= 0.3 is 5.97 Å². The van der Waals surface area contributed by atoms with Crippen molar-refractivity contribution >= 4 is 34.2 Å². The van der Waals surface area contributed by atoms with Crippen LogP contribution < -0.4 is 4.90 Å². The first-order chi connectivity index (χ1) is 11.4. The summed E-state index contributed by atoms with van der Waals surface area (Å²) in [5.41, 5.74) is 3.67. The summed E-state index contributed by atoms with van der Waals surface area (Å²) in [6, 6.07) is 12.0. The maximum Gasteiger partial charge on any atom is 0.348 e. The molecule has 1 aliphatic heterocycles. The Hall–Kier alpha value is -2.40. The molecule has 0 fully saturated rings. The molecule has 124 valence electrons. The predicted octanol–water partition coefficient (Wildman–Crippen LogP) is 4.55. The van der Waals surface area contributed by atoms with Crippen molar-refractivity contribution in [2.24, 2.45) is 4.99 Å². The van der Waals surface area contributed by atoms with Crippen LogP contribution in [0.4, 0.5) is 10.7 Å². The van der Waals surface area contributed by atoms with Crippen LogP contribution in [0, 0.1) is 0 Å². The van der Waals surface area contributed by atoms with E-state index in [-0.39, 0.29) is 11.4 Å². The molecule has 0 saturated heterocycles. The van der Waals surface area contributed by atoms with Gasteiger partial charge in [0.1, 0.15) is 9.88 Å². The maximum absolute atomic E-state index is 11.5. The van der Waals surface area contributed by atoms with Crippen molar-refractivity contribution in [2.75, 3.05) is 19.1 Å². The largest absolute Gasteiger partial charge is 0.465 e. The van der Waals surface area contributed by atoms with E-state index in [0.717, 1.165) is 5.00 Å². The Labute approximate surface area is 146 Å². The van der Waals surface area contributed by atoms with Crippen LogP contribution in [0.1, 0.15) is 29.1 Å². The number of carbonyl (C=O) groups excluding carboxylic acids is 1. The first-order valence-electron chi connectivity index (χ1n) is 7.71. The number of nitrogens with zero attached hydrogens (tertiary/aromatic N) is 2. The number of ether oxygens (including phenoxy) is 1. The van der Waals surface area contributed by atoms with E-state index in [4.69, 9.17) is 4.74 Å². The minimum atomic E-state index is -0.327. The Morgan fingerprint density at radius 2 is 2.00 bits per heavy atom. The molecule has 0 radical (unpaired) electrons. The molecule has 4 nitrogen and oxygen atoms in total. The number of hydrogen-bond acceptors (Lipinski definition) is 5. The molecule has 0 aliphatic carbocycles. The number of aliphatic imine (C=N–C) groups is 1. The minimum Gasteiger partial charge on any atom is -0.465 e. The van der Waals surface area contributed by atoms with E-state index in [1.807, 2.05) is 12.1 Å². The summed E-state index contributed by atoms with van der Waals surface area (Å²) in [5.74, 6) is -0.327. The van der Waals surface area contributed by atoms with E-state index < -0.39 is 0 Å². The highest BCUT2D eigenvalue weighted by atomic mass is 32.1. The van der Waals surface area contributed by atoms with Gasteiger partial charge in [-0.15, -0.1) is 11.3 Å². The number of rotatable bonds is 3. The quantitative estimate of drug-likeness (QED) is 0.608. The Bertz CT molecular complexity index is 833. The lowest BCUT2D eigenvalue weighted by atomic mass is 9.84. The Kier molecular flexibility index (Phi) is 4.28. The van der Waals surface area contributed by atoms with Crippen LogP contribution in [0.25, 0.3) is 0 Å². The van der Waals surface area contributed by atoms with Gasteiger partial charge < -0.3 is 9.64 Å². The third-order valence-corrected chi connectivity index (χ3v) is 5.33. The molecule has 0 atom stereocenters. The van der Waals surface area contributed by atoms with Crippen LogP contribution in [0.3, 0.4) is 0 Å². The van der Waals surface area contributed by atoms with E-state index >= 15 is 0 Å². The highest BCUT2D eigenvalue weighted by molar-refractivity contribution is 7.17.